The van der Waals surface area contributed by atoms with Crippen LogP contribution >= 0.6 is 0 Å². The molecule has 1 atom stereocenters. The molecule has 1 fully saturated rings. The fourth-order valence-corrected chi connectivity index (χ4v) is 2.46. The molecule has 1 amide bonds. The number of aromatic nitrogens is 1. The van der Waals surface area contributed by atoms with Gasteiger partial charge >= 0.3 is 5.97 Å². The summed E-state index contributed by atoms with van der Waals surface area (Å²) in [5, 5.41) is 4.01. The lowest BCUT2D eigenvalue weighted by molar-refractivity contribution is -0.149. The van der Waals surface area contributed by atoms with Crippen molar-refractivity contribution in [2.45, 2.75) is 59.1 Å². The number of esters is 1. The summed E-state index contributed by atoms with van der Waals surface area (Å²) in [5.74, 6) is 0.578. The summed E-state index contributed by atoms with van der Waals surface area (Å²) in [6.07, 6.45) is 0.993. The van der Waals surface area contributed by atoms with E-state index in [1.54, 1.807) is 13.0 Å². The van der Waals surface area contributed by atoms with E-state index in [4.69, 9.17) is 9.26 Å². The average molecular weight is 318 g/mol. The molecule has 0 N–H and O–H groups in total. The Labute approximate surface area is 135 Å². The van der Waals surface area contributed by atoms with Gasteiger partial charge in [0.05, 0.1) is 5.92 Å². The molecule has 0 saturated heterocycles. The van der Waals surface area contributed by atoms with E-state index in [0.29, 0.717) is 17.2 Å². The van der Waals surface area contributed by atoms with Gasteiger partial charge in [0.15, 0.2) is 5.82 Å². The number of carbonyl (C=O) groups is 2. The van der Waals surface area contributed by atoms with Gasteiger partial charge in [0.25, 0.3) is 5.91 Å². The monoisotopic (exact) mass is 318 g/mol. The lowest BCUT2D eigenvalue weighted by Crippen LogP contribution is -2.39. The van der Waals surface area contributed by atoms with Crippen LogP contribution in [0.4, 0.5) is 5.82 Å². The molecule has 0 bridgehead atoms. The first kappa shape index (κ1) is 15.8. The number of amides is 1. The van der Waals surface area contributed by atoms with Crippen LogP contribution in [0.3, 0.4) is 0 Å². The standard InChI is InChI=1S/C17H22N2O4/c1-9-10(2)15(22-16(21)11-6-7-11)19(14(9)20)13-8-12(23-18-13)17(3,4)5/h8,11,15H,6-7H2,1-5H3. The predicted octanol–water partition coefficient (Wildman–Crippen LogP) is 2.93. The van der Waals surface area contributed by atoms with Crippen molar-refractivity contribution < 1.29 is 18.8 Å². The van der Waals surface area contributed by atoms with Crippen molar-refractivity contribution >= 4 is 17.7 Å². The van der Waals surface area contributed by atoms with Gasteiger partial charge in [-0.3, -0.25) is 9.59 Å². The van der Waals surface area contributed by atoms with Gasteiger partial charge in [0.2, 0.25) is 6.23 Å². The van der Waals surface area contributed by atoms with Crippen molar-refractivity contribution in [2.24, 2.45) is 5.92 Å². The molecule has 2 aliphatic rings. The van der Waals surface area contributed by atoms with E-state index in [2.05, 4.69) is 5.16 Å². The maximum absolute atomic E-state index is 12.5. The highest BCUT2D eigenvalue weighted by molar-refractivity contribution is 6.09. The molecule has 124 valence electrons. The van der Waals surface area contributed by atoms with Gasteiger partial charge in [-0.25, -0.2) is 4.90 Å². The van der Waals surface area contributed by atoms with E-state index < -0.39 is 6.23 Å². The van der Waals surface area contributed by atoms with Crippen LogP contribution in [-0.2, 0) is 19.7 Å². The molecular weight excluding hydrogens is 296 g/mol. The third-order valence-electron chi connectivity index (χ3n) is 4.36. The molecular formula is C17H22N2O4. The lowest BCUT2D eigenvalue weighted by Gasteiger charge is -2.23. The number of carbonyl (C=O) groups excluding carboxylic acids is 2. The molecule has 1 saturated carbocycles. The Balaban J connectivity index is 1.90. The Hall–Kier alpha value is -2.11. The smallest absolute Gasteiger partial charge is 0.311 e. The van der Waals surface area contributed by atoms with Crippen LogP contribution in [0.5, 0.6) is 0 Å². The van der Waals surface area contributed by atoms with E-state index >= 15 is 0 Å². The number of anilines is 1. The largest absolute Gasteiger partial charge is 0.437 e. The maximum Gasteiger partial charge on any atom is 0.311 e. The fourth-order valence-electron chi connectivity index (χ4n) is 2.46. The molecule has 1 aliphatic heterocycles. The van der Waals surface area contributed by atoms with Crippen molar-refractivity contribution in [1.29, 1.82) is 0 Å². The third kappa shape index (κ3) is 2.78. The van der Waals surface area contributed by atoms with Gasteiger partial charge in [-0.05, 0) is 32.3 Å². The number of rotatable bonds is 3. The van der Waals surface area contributed by atoms with E-state index in [0.717, 1.165) is 18.4 Å². The molecule has 2 heterocycles. The molecule has 6 heteroatoms. The molecule has 6 nitrogen and oxygen atoms in total. The highest BCUT2D eigenvalue weighted by Gasteiger charge is 2.43. The summed E-state index contributed by atoms with van der Waals surface area (Å²) in [7, 11) is 0. The Kier molecular flexibility index (Phi) is 3.58. The van der Waals surface area contributed by atoms with Crippen LogP contribution in [0.25, 0.3) is 0 Å². The molecule has 23 heavy (non-hydrogen) atoms. The van der Waals surface area contributed by atoms with Crippen molar-refractivity contribution in [1.82, 2.24) is 5.16 Å². The van der Waals surface area contributed by atoms with Crippen LogP contribution in [0.15, 0.2) is 21.7 Å². The van der Waals surface area contributed by atoms with E-state index in [1.165, 1.54) is 4.90 Å². The Morgan fingerprint density at radius 3 is 2.52 bits per heavy atom. The van der Waals surface area contributed by atoms with Gasteiger partial charge in [-0.15, -0.1) is 0 Å². The zero-order chi connectivity index (χ0) is 16.9. The number of nitrogens with zero attached hydrogens (tertiary/aromatic N) is 2. The lowest BCUT2D eigenvalue weighted by atomic mass is 9.93. The molecule has 1 aliphatic carbocycles. The van der Waals surface area contributed by atoms with E-state index in [1.807, 2.05) is 27.7 Å². The summed E-state index contributed by atoms with van der Waals surface area (Å²) >= 11 is 0. The summed E-state index contributed by atoms with van der Waals surface area (Å²) < 4.78 is 10.9. The highest BCUT2D eigenvalue weighted by atomic mass is 16.6. The van der Waals surface area contributed by atoms with Crippen LogP contribution < -0.4 is 4.90 Å². The average Bonchev–Trinajstić information content (AvgIpc) is 3.17. The zero-order valence-electron chi connectivity index (χ0n) is 14.2. The van der Waals surface area contributed by atoms with Crippen LogP contribution in [-0.4, -0.2) is 23.3 Å². The second-order valence-electron chi connectivity index (χ2n) is 7.35. The van der Waals surface area contributed by atoms with Crippen LogP contribution in [0.1, 0.15) is 53.2 Å². The Bertz CT molecular complexity index is 692. The first-order valence-corrected chi connectivity index (χ1v) is 7.88. The Morgan fingerprint density at radius 2 is 2.00 bits per heavy atom. The molecule has 1 aromatic heterocycles. The summed E-state index contributed by atoms with van der Waals surface area (Å²) in [4.78, 5) is 26.0. The topological polar surface area (TPSA) is 72.6 Å². The van der Waals surface area contributed by atoms with Gasteiger partial charge in [-0.2, -0.15) is 0 Å². The molecule has 1 aromatic rings. The number of ether oxygens (including phenoxy) is 1. The van der Waals surface area contributed by atoms with Crippen molar-refractivity contribution in [2.75, 3.05) is 4.90 Å². The minimum Gasteiger partial charge on any atom is -0.437 e. The molecule has 0 aromatic carbocycles. The first-order valence-electron chi connectivity index (χ1n) is 7.88. The van der Waals surface area contributed by atoms with Crippen molar-refractivity contribution in [3.05, 3.63) is 23.0 Å². The minimum absolute atomic E-state index is 0.0249. The van der Waals surface area contributed by atoms with Gasteiger partial charge < -0.3 is 9.26 Å². The van der Waals surface area contributed by atoms with Crippen LogP contribution in [0, 0.1) is 5.92 Å². The third-order valence-corrected chi connectivity index (χ3v) is 4.36. The molecule has 3 rings (SSSR count). The Morgan fingerprint density at radius 1 is 1.35 bits per heavy atom. The number of hydrogen-bond acceptors (Lipinski definition) is 5. The quantitative estimate of drug-likeness (QED) is 0.801. The van der Waals surface area contributed by atoms with Gasteiger partial charge in [0, 0.05) is 17.1 Å². The zero-order valence-corrected chi connectivity index (χ0v) is 14.2. The number of hydrogen-bond donors (Lipinski definition) is 0. The summed E-state index contributed by atoms with van der Waals surface area (Å²) in [5.41, 5.74) is 1.11. The SMILES string of the molecule is CC1=C(C)C(OC(=O)C2CC2)N(c2cc(C(C)(C)C)on2)C1=O. The minimum atomic E-state index is -0.728. The highest BCUT2D eigenvalue weighted by Crippen LogP contribution is 2.36. The summed E-state index contributed by atoms with van der Waals surface area (Å²) in [6, 6.07) is 1.74. The van der Waals surface area contributed by atoms with Crippen LogP contribution in [0.2, 0.25) is 0 Å². The first-order chi connectivity index (χ1) is 10.7. The second-order valence-corrected chi connectivity index (χ2v) is 7.35. The normalized spacial score (nSPS) is 22.0. The molecule has 1 unspecified atom stereocenters. The fraction of sp³-hybridized carbons (Fsp3) is 0.588. The maximum atomic E-state index is 12.5. The van der Waals surface area contributed by atoms with Gasteiger partial charge in [0.1, 0.15) is 5.76 Å². The molecule has 0 spiro atoms. The van der Waals surface area contributed by atoms with Gasteiger partial charge in [-0.1, -0.05) is 25.9 Å². The summed E-state index contributed by atoms with van der Waals surface area (Å²) in [6.45, 7) is 9.55. The second kappa shape index (κ2) is 5.22. The van der Waals surface area contributed by atoms with Crippen molar-refractivity contribution in [3.8, 4) is 0 Å². The van der Waals surface area contributed by atoms with Crippen molar-refractivity contribution in [3.63, 3.8) is 0 Å². The van der Waals surface area contributed by atoms with E-state index in [9.17, 15) is 9.59 Å². The molecule has 0 radical (unpaired) electrons. The predicted molar refractivity (Wildman–Crippen MR) is 83.7 cm³/mol. The van der Waals surface area contributed by atoms with E-state index in [-0.39, 0.29) is 23.2 Å².